The molecule has 4 nitrogen and oxygen atoms in total. The maximum absolute atomic E-state index is 6.50. The molecular formula is C48H52N2O2Pt. The van der Waals surface area contributed by atoms with E-state index in [9.17, 15) is 0 Å². The maximum atomic E-state index is 6.50. The summed E-state index contributed by atoms with van der Waals surface area (Å²) >= 11 is 0. The van der Waals surface area contributed by atoms with Gasteiger partial charge in [0.2, 0.25) is 0 Å². The minimum absolute atomic E-state index is 0. The summed E-state index contributed by atoms with van der Waals surface area (Å²) in [4.78, 5) is 9.39. The van der Waals surface area contributed by atoms with Crippen LogP contribution in [0.1, 0.15) is 115 Å². The molecule has 3 aromatic heterocycles. The van der Waals surface area contributed by atoms with Crippen LogP contribution >= 0.6 is 0 Å². The number of hydrogen-bond acceptors (Lipinski definition) is 4. The Balaban J connectivity index is 0.000000223. The summed E-state index contributed by atoms with van der Waals surface area (Å²) in [5, 5.41) is 1.02. The summed E-state index contributed by atoms with van der Waals surface area (Å²) in [6.45, 7) is 26.4. The van der Waals surface area contributed by atoms with Gasteiger partial charge in [0.05, 0.1) is 16.9 Å². The van der Waals surface area contributed by atoms with Crippen molar-refractivity contribution in [2.24, 2.45) is 0 Å². The van der Waals surface area contributed by atoms with Gasteiger partial charge in [-0.2, -0.15) is 0 Å². The minimum atomic E-state index is 0. The van der Waals surface area contributed by atoms with Crippen LogP contribution in [0.15, 0.2) is 93.9 Å². The van der Waals surface area contributed by atoms with Gasteiger partial charge in [0.15, 0.2) is 0 Å². The van der Waals surface area contributed by atoms with Crippen molar-refractivity contribution >= 4 is 22.1 Å². The SMILES string of the molecule is CC(C)(C)c1cc[c-]c(-c2cc(C(C)(C)C)ccn2)c1.Cc1oc2cc[c-]c(-c3nc4cccc(-c5c(C(C)C)cccc5C(C)C)c4o3)c2c1C.[Pt+2]. The average Bonchev–Trinajstić information content (AvgIpc) is 3.67. The van der Waals surface area contributed by atoms with Crippen molar-refractivity contribution in [3.8, 4) is 33.8 Å². The number of furan rings is 1. The maximum Gasteiger partial charge on any atom is 2.00 e. The summed E-state index contributed by atoms with van der Waals surface area (Å²) in [7, 11) is 0. The Labute approximate surface area is 330 Å². The molecule has 0 amide bonds. The van der Waals surface area contributed by atoms with Gasteiger partial charge in [0.1, 0.15) is 11.5 Å². The van der Waals surface area contributed by atoms with Crippen molar-refractivity contribution in [1.29, 1.82) is 0 Å². The second kappa shape index (κ2) is 15.6. The number of hydrogen-bond donors (Lipinski definition) is 0. The van der Waals surface area contributed by atoms with E-state index >= 15 is 0 Å². The molecule has 7 aromatic rings. The Morgan fingerprint density at radius 3 is 1.96 bits per heavy atom. The Kier molecular flexibility index (Phi) is 11.8. The molecule has 0 atom stereocenters. The summed E-state index contributed by atoms with van der Waals surface area (Å²) < 4.78 is 12.4. The van der Waals surface area contributed by atoms with Gasteiger partial charge < -0.3 is 13.8 Å². The number of para-hydroxylation sites is 1. The third kappa shape index (κ3) is 8.29. The van der Waals surface area contributed by atoms with Crippen LogP contribution in [-0.4, -0.2) is 9.97 Å². The molecule has 0 fully saturated rings. The average molecular weight is 884 g/mol. The van der Waals surface area contributed by atoms with E-state index in [-0.39, 0.29) is 31.9 Å². The zero-order valence-electron chi connectivity index (χ0n) is 33.3. The fourth-order valence-electron chi connectivity index (χ4n) is 6.76. The van der Waals surface area contributed by atoms with Gasteiger partial charge in [0, 0.05) is 11.8 Å². The van der Waals surface area contributed by atoms with Gasteiger partial charge >= 0.3 is 21.1 Å². The number of aryl methyl sites for hydroxylation is 2. The standard InChI is InChI=1S/C29H28NO2.C19H24N.Pt/c1-16(2)20-10-7-11-21(17(3)4)27(20)22-12-8-14-24-28(22)32-29(30-24)23-13-9-15-25-26(23)18(5)19(6)31-25;1-18(2,3)15-9-7-8-14(12-15)17-13-16(10-11-20-17)19(4,5)6;/h7-12,14-17H,1-6H3;7,9-13H,1-6H3;/q2*-1;+2. The van der Waals surface area contributed by atoms with Gasteiger partial charge in [-0.25, -0.2) is 0 Å². The van der Waals surface area contributed by atoms with Crippen LogP contribution in [0.3, 0.4) is 0 Å². The second-order valence-corrected chi connectivity index (χ2v) is 16.6. The largest absolute Gasteiger partial charge is 2.00 e. The van der Waals surface area contributed by atoms with E-state index < -0.39 is 0 Å². The minimum Gasteiger partial charge on any atom is -0.481 e. The van der Waals surface area contributed by atoms with Crippen molar-refractivity contribution in [1.82, 2.24) is 9.97 Å². The van der Waals surface area contributed by atoms with Crippen molar-refractivity contribution in [2.75, 3.05) is 0 Å². The number of benzene rings is 4. The zero-order chi connectivity index (χ0) is 37.5. The summed E-state index contributed by atoms with van der Waals surface area (Å²) in [5.41, 5.74) is 14.5. The van der Waals surface area contributed by atoms with Crippen LogP contribution in [0.25, 0.3) is 55.9 Å². The summed E-state index contributed by atoms with van der Waals surface area (Å²) in [6, 6.07) is 34.0. The van der Waals surface area contributed by atoms with Crippen molar-refractivity contribution in [3.05, 3.63) is 131 Å². The van der Waals surface area contributed by atoms with Gasteiger partial charge in [-0.05, 0) is 82.2 Å². The molecule has 0 radical (unpaired) electrons. The molecule has 0 N–H and O–H groups in total. The topological polar surface area (TPSA) is 52.1 Å². The smallest absolute Gasteiger partial charge is 0.481 e. The van der Waals surface area contributed by atoms with Crippen LogP contribution in [0, 0.1) is 26.0 Å². The molecule has 0 saturated heterocycles. The molecule has 0 spiro atoms. The number of pyridine rings is 1. The molecule has 0 aliphatic heterocycles. The first-order valence-corrected chi connectivity index (χ1v) is 18.5. The predicted molar refractivity (Wildman–Crippen MR) is 217 cm³/mol. The molecule has 4 aromatic carbocycles. The molecule has 0 aliphatic rings. The van der Waals surface area contributed by atoms with Crippen molar-refractivity contribution in [2.45, 2.75) is 106 Å². The Morgan fingerprint density at radius 1 is 0.698 bits per heavy atom. The fourth-order valence-corrected chi connectivity index (χ4v) is 6.76. The van der Waals surface area contributed by atoms with E-state index in [1.54, 1.807) is 0 Å². The van der Waals surface area contributed by atoms with Crippen LogP contribution < -0.4 is 0 Å². The van der Waals surface area contributed by atoms with E-state index in [1.165, 1.54) is 27.8 Å². The Morgan fingerprint density at radius 2 is 1.32 bits per heavy atom. The molecule has 276 valence electrons. The monoisotopic (exact) mass is 883 g/mol. The Bertz CT molecular complexity index is 2280. The summed E-state index contributed by atoms with van der Waals surface area (Å²) in [5.74, 6) is 2.29. The third-order valence-corrected chi connectivity index (χ3v) is 9.97. The van der Waals surface area contributed by atoms with Crippen LogP contribution in [0.2, 0.25) is 0 Å². The summed E-state index contributed by atoms with van der Waals surface area (Å²) in [6.07, 6.45) is 1.90. The molecule has 7 rings (SSSR count). The number of nitrogens with zero attached hydrogens (tertiary/aromatic N) is 2. The van der Waals surface area contributed by atoms with Gasteiger partial charge in [-0.15, -0.1) is 47.5 Å². The van der Waals surface area contributed by atoms with Crippen molar-refractivity contribution < 1.29 is 29.9 Å². The fraction of sp³-hybridized carbons (Fsp3) is 0.333. The zero-order valence-corrected chi connectivity index (χ0v) is 35.5. The van der Waals surface area contributed by atoms with E-state index in [0.29, 0.717) is 17.7 Å². The van der Waals surface area contributed by atoms with Gasteiger partial charge in [-0.3, -0.25) is 4.98 Å². The van der Waals surface area contributed by atoms with Crippen LogP contribution in [0.4, 0.5) is 0 Å². The number of rotatable bonds is 5. The van der Waals surface area contributed by atoms with Crippen LogP contribution in [-0.2, 0) is 31.9 Å². The normalized spacial score (nSPS) is 12.0. The van der Waals surface area contributed by atoms with Gasteiger partial charge in [-0.1, -0.05) is 123 Å². The third-order valence-electron chi connectivity index (χ3n) is 9.97. The first kappa shape index (κ1) is 39.9. The van der Waals surface area contributed by atoms with Crippen molar-refractivity contribution in [3.63, 3.8) is 0 Å². The molecule has 0 unspecified atom stereocenters. The molecule has 0 bridgehead atoms. The Hall–Kier alpha value is -4.27. The van der Waals surface area contributed by atoms with Crippen LogP contribution in [0.5, 0.6) is 0 Å². The molecule has 3 heterocycles. The quantitative estimate of drug-likeness (QED) is 0.162. The second-order valence-electron chi connectivity index (χ2n) is 16.6. The molecular weight excluding hydrogens is 832 g/mol. The number of aromatic nitrogens is 2. The van der Waals surface area contributed by atoms with E-state index in [0.717, 1.165) is 55.8 Å². The van der Waals surface area contributed by atoms with Gasteiger partial charge in [0.25, 0.3) is 0 Å². The first-order chi connectivity index (χ1) is 24.5. The number of oxazole rings is 1. The van der Waals surface area contributed by atoms with E-state index in [1.807, 2.05) is 37.4 Å². The molecule has 53 heavy (non-hydrogen) atoms. The van der Waals surface area contributed by atoms with E-state index in [4.69, 9.17) is 13.8 Å². The molecule has 0 aliphatic carbocycles. The predicted octanol–water partition coefficient (Wildman–Crippen LogP) is 13.7. The molecule has 5 heteroatoms. The first-order valence-electron chi connectivity index (χ1n) is 18.5. The van der Waals surface area contributed by atoms with E-state index in [2.05, 4.69) is 148 Å². The molecule has 0 saturated carbocycles. The number of fused-ring (bicyclic) bond motifs is 2.